The molecule has 1 aromatic rings. The first kappa shape index (κ1) is 16.9. The van der Waals surface area contributed by atoms with Gasteiger partial charge in [-0.25, -0.2) is 0 Å². The minimum Gasteiger partial charge on any atom is -0.381 e. The fourth-order valence-corrected chi connectivity index (χ4v) is 3.44. The van der Waals surface area contributed by atoms with Gasteiger partial charge in [-0.1, -0.05) is 0 Å². The van der Waals surface area contributed by atoms with Gasteiger partial charge in [-0.3, -0.25) is 19.6 Å². The molecule has 132 valence electrons. The van der Waals surface area contributed by atoms with Crippen molar-refractivity contribution in [2.45, 2.75) is 37.6 Å². The van der Waals surface area contributed by atoms with Crippen molar-refractivity contribution >= 4 is 11.8 Å². The maximum atomic E-state index is 12.2. The Labute approximate surface area is 141 Å². The van der Waals surface area contributed by atoms with Crippen LogP contribution in [-0.4, -0.2) is 65.8 Å². The molecule has 2 fully saturated rings. The van der Waals surface area contributed by atoms with Crippen LogP contribution in [0.15, 0.2) is 6.07 Å². The fourth-order valence-electron chi connectivity index (χ4n) is 3.44. The molecule has 8 nitrogen and oxygen atoms in total. The van der Waals surface area contributed by atoms with Gasteiger partial charge in [-0.2, -0.15) is 5.10 Å². The van der Waals surface area contributed by atoms with Crippen LogP contribution in [-0.2, 0) is 9.53 Å². The molecule has 0 aromatic carbocycles. The number of carbonyl (C=O) groups excluding carboxylic acids is 2. The largest absolute Gasteiger partial charge is 0.381 e. The van der Waals surface area contributed by atoms with Crippen LogP contribution in [0.3, 0.4) is 0 Å². The molecule has 0 spiro atoms. The Kier molecular flexibility index (Phi) is 5.47. The topological polar surface area (TPSA) is 113 Å². The van der Waals surface area contributed by atoms with Crippen LogP contribution >= 0.6 is 0 Å². The molecule has 0 bridgehead atoms. The molecule has 2 aliphatic rings. The number of aromatic amines is 1. The molecular formula is C16H25N5O3. The van der Waals surface area contributed by atoms with Crippen molar-refractivity contribution in [2.24, 2.45) is 5.73 Å². The number of carbonyl (C=O) groups is 2. The summed E-state index contributed by atoms with van der Waals surface area (Å²) < 4.78 is 5.31. The molecule has 2 saturated heterocycles. The molecule has 0 saturated carbocycles. The fraction of sp³-hybridized carbons (Fsp3) is 0.688. The molecule has 2 amide bonds. The monoisotopic (exact) mass is 335 g/mol. The number of H-pyrrole nitrogens is 1. The van der Waals surface area contributed by atoms with Gasteiger partial charge in [0.25, 0.3) is 5.91 Å². The maximum Gasteiger partial charge on any atom is 0.269 e. The molecule has 1 atom stereocenters. The lowest BCUT2D eigenvalue weighted by molar-refractivity contribution is -0.123. The van der Waals surface area contributed by atoms with Crippen LogP contribution < -0.4 is 11.1 Å². The van der Waals surface area contributed by atoms with E-state index in [9.17, 15) is 9.59 Å². The van der Waals surface area contributed by atoms with Gasteiger partial charge >= 0.3 is 0 Å². The van der Waals surface area contributed by atoms with E-state index in [-0.39, 0.29) is 23.6 Å². The Bertz CT molecular complexity index is 582. The summed E-state index contributed by atoms with van der Waals surface area (Å²) in [5, 5.41) is 9.95. The molecule has 3 rings (SSSR count). The van der Waals surface area contributed by atoms with Crippen LogP contribution in [0.1, 0.15) is 47.8 Å². The average molecular weight is 335 g/mol. The van der Waals surface area contributed by atoms with Gasteiger partial charge in [0.2, 0.25) is 5.91 Å². The third-order valence-electron chi connectivity index (χ3n) is 4.75. The summed E-state index contributed by atoms with van der Waals surface area (Å²) in [5.41, 5.74) is 6.42. The summed E-state index contributed by atoms with van der Waals surface area (Å²) in [6, 6.07) is 1.95. The van der Waals surface area contributed by atoms with Gasteiger partial charge in [0.15, 0.2) is 0 Å². The van der Waals surface area contributed by atoms with Crippen LogP contribution in [0.2, 0.25) is 0 Å². The molecule has 3 heterocycles. The highest BCUT2D eigenvalue weighted by Crippen LogP contribution is 2.25. The second kappa shape index (κ2) is 7.76. The van der Waals surface area contributed by atoms with E-state index in [1.807, 2.05) is 0 Å². The summed E-state index contributed by atoms with van der Waals surface area (Å²) in [6.07, 6.45) is 3.80. The molecule has 1 unspecified atom stereocenters. The number of aromatic nitrogens is 2. The van der Waals surface area contributed by atoms with E-state index in [1.54, 1.807) is 6.07 Å². The van der Waals surface area contributed by atoms with E-state index in [4.69, 9.17) is 10.5 Å². The minimum atomic E-state index is -0.527. The third-order valence-corrected chi connectivity index (χ3v) is 4.75. The second-order valence-corrected chi connectivity index (χ2v) is 6.60. The smallest absolute Gasteiger partial charge is 0.269 e. The first-order chi connectivity index (χ1) is 11.6. The molecule has 24 heavy (non-hydrogen) atoms. The highest BCUT2D eigenvalue weighted by molar-refractivity contribution is 5.90. The van der Waals surface area contributed by atoms with Crippen molar-refractivity contribution in [3.8, 4) is 0 Å². The zero-order chi connectivity index (χ0) is 16.9. The predicted molar refractivity (Wildman–Crippen MR) is 87.5 cm³/mol. The summed E-state index contributed by atoms with van der Waals surface area (Å²) in [7, 11) is 0. The quantitative estimate of drug-likeness (QED) is 0.700. The molecule has 8 heteroatoms. The number of ether oxygens (including phenoxy) is 1. The number of piperidine rings is 1. The van der Waals surface area contributed by atoms with Gasteiger partial charge < -0.3 is 15.8 Å². The molecule has 4 N–H and O–H groups in total. The Morgan fingerprint density at radius 3 is 2.88 bits per heavy atom. The number of nitrogens with two attached hydrogens (primary N) is 1. The van der Waals surface area contributed by atoms with E-state index in [1.165, 1.54) is 0 Å². The van der Waals surface area contributed by atoms with Gasteiger partial charge in [0.1, 0.15) is 5.69 Å². The zero-order valence-corrected chi connectivity index (χ0v) is 13.8. The van der Waals surface area contributed by atoms with Crippen molar-refractivity contribution in [1.82, 2.24) is 20.4 Å². The summed E-state index contributed by atoms with van der Waals surface area (Å²) >= 11 is 0. The van der Waals surface area contributed by atoms with E-state index in [2.05, 4.69) is 20.4 Å². The van der Waals surface area contributed by atoms with E-state index >= 15 is 0 Å². The molecule has 1 aromatic heterocycles. The number of primary amides is 1. The van der Waals surface area contributed by atoms with Crippen LogP contribution in [0, 0.1) is 0 Å². The van der Waals surface area contributed by atoms with Crippen molar-refractivity contribution < 1.29 is 14.3 Å². The number of hydrogen-bond donors (Lipinski definition) is 3. The lowest BCUT2D eigenvalue weighted by Gasteiger charge is -2.32. The number of hydrogen-bond acceptors (Lipinski definition) is 5. The lowest BCUT2D eigenvalue weighted by atomic mass is 9.94. The van der Waals surface area contributed by atoms with Crippen LogP contribution in [0.4, 0.5) is 0 Å². The summed E-state index contributed by atoms with van der Waals surface area (Å²) in [5.74, 6) is -0.207. The average Bonchev–Trinajstić information content (AvgIpc) is 3.06. The number of nitrogens with one attached hydrogen (secondary N) is 2. The van der Waals surface area contributed by atoms with Gasteiger partial charge in [0, 0.05) is 37.4 Å². The molecule has 0 radical (unpaired) electrons. The van der Waals surface area contributed by atoms with Crippen molar-refractivity contribution in [2.75, 3.05) is 32.8 Å². The summed E-state index contributed by atoms with van der Waals surface area (Å²) in [4.78, 5) is 25.6. The summed E-state index contributed by atoms with van der Waals surface area (Å²) in [6.45, 7) is 3.54. The van der Waals surface area contributed by atoms with Gasteiger partial charge in [-0.15, -0.1) is 0 Å². The van der Waals surface area contributed by atoms with Crippen LogP contribution in [0.25, 0.3) is 0 Å². The molecule has 0 aliphatic carbocycles. The zero-order valence-electron chi connectivity index (χ0n) is 13.8. The number of amides is 2. The number of rotatable bonds is 5. The van der Waals surface area contributed by atoms with Crippen molar-refractivity contribution in [3.05, 3.63) is 17.5 Å². The molecule has 2 aliphatic heterocycles. The standard InChI is InChI=1S/C16H25N5O3/c17-16(23)14-8-13(19-20-14)11-2-1-5-21(9-11)10-15(22)18-12-3-6-24-7-4-12/h8,11-12H,1-7,9-10H2,(H2,17,23)(H,18,22)(H,19,20). The Hall–Kier alpha value is -1.93. The first-order valence-electron chi connectivity index (χ1n) is 8.56. The third kappa shape index (κ3) is 4.33. The minimum absolute atomic E-state index is 0.0741. The maximum absolute atomic E-state index is 12.2. The Morgan fingerprint density at radius 2 is 2.17 bits per heavy atom. The number of likely N-dealkylation sites (tertiary alicyclic amines) is 1. The highest BCUT2D eigenvalue weighted by atomic mass is 16.5. The first-order valence-corrected chi connectivity index (χ1v) is 8.56. The van der Waals surface area contributed by atoms with Crippen molar-refractivity contribution in [1.29, 1.82) is 0 Å². The highest BCUT2D eigenvalue weighted by Gasteiger charge is 2.25. The van der Waals surface area contributed by atoms with Gasteiger partial charge in [0.05, 0.1) is 6.54 Å². The number of nitrogens with zero attached hydrogens (tertiary/aromatic N) is 2. The lowest BCUT2D eigenvalue weighted by Crippen LogP contribution is -2.46. The Balaban J connectivity index is 1.51. The SMILES string of the molecule is NC(=O)c1cc(C2CCCN(CC(=O)NC3CCOCC3)C2)[nH]n1. The van der Waals surface area contributed by atoms with Gasteiger partial charge in [-0.05, 0) is 38.3 Å². The van der Waals surface area contributed by atoms with Crippen LogP contribution in [0.5, 0.6) is 0 Å². The van der Waals surface area contributed by atoms with E-state index < -0.39 is 5.91 Å². The normalized spacial score (nSPS) is 23.1. The predicted octanol–water partition coefficient (Wildman–Crippen LogP) is -0.0168. The molecular weight excluding hydrogens is 310 g/mol. The second-order valence-electron chi connectivity index (χ2n) is 6.60. The van der Waals surface area contributed by atoms with E-state index in [0.717, 1.165) is 57.7 Å². The van der Waals surface area contributed by atoms with Crippen molar-refractivity contribution in [3.63, 3.8) is 0 Å². The van der Waals surface area contributed by atoms with E-state index in [0.29, 0.717) is 6.54 Å². The Morgan fingerprint density at radius 1 is 1.38 bits per heavy atom.